The monoisotopic (exact) mass is 272 g/mol. The number of halogens is 1. The second-order valence-corrected chi connectivity index (χ2v) is 7.41. The van der Waals surface area contributed by atoms with E-state index in [4.69, 9.17) is 16.6 Å². The molecule has 1 aliphatic rings. The molecule has 0 aromatic carbocycles. The summed E-state index contributed by atoms with van der Waals surface area (Å²) in [5.74, 6) is 0. The second kappa shape index (κ2) is 5.25. The first-order valence-corrected chi connectivity index (χ1v) is 7.58. The van der Waals surface area contributed by atoms with Crippen molar-refractivity contribution >= 4 is 22.9 Å². The van der Waals surface area contributed by atoms with Gasteiger partial charge in [0.25, 0.3) is 0 Å². The summed E-state index contributed by atoms with van der Waals surface area (Å²) in [6.07, 6.45) is 2.37. The molecule has 1 saturated heterocycles. The molecule has 2 nitrogen and oxygen atoms in total. The first-order valence-electron chi connectivity index (χ1n) is 6.26. The molecule has 0 aliphatic carbocycles. The summed E-state index contributed by atoms with van der Waals surface area (Å²) < 4.78 is 0. The van der Waals surface area contributed by atoms with Crippen LogP contribution >= 0.6 is 22.9 Å². The summed E-state index contributed by atoms with van der Waals surface area (Å²) >= 11 is 7.97. The molecule has 0 saturated carbocycles. The molecule has 96 valence electrons. The van der Waals surface area contributed by atoms with Crippen LogP contribution in [0.3, 0.4) is 0 Å². The highest BCUT2D eigenvalue weighted by atomic mass is 35.5. The molecule has 1 fully saturated rings. The van der Waals surface area contributed by atoms with E-state index in [1.54, 1.807) is 11.3 Å². The van der Waals surface area contributed by atoms with Gasteiger partial charge in [0.1, 0.15) is 5.01 Å². The van der Waals surface area contributed by atoms with E-state index in [0.717, 1.165) is 26.1 Å². The number of alkyl halides is 1. The highest BCUT2D eigenvalue weighted by molar-refractivity contribution is 7.09. The van der Waals surface area contributed by atoms with Crippen LogP contribution in [0.15, 0.2) is 5.38 Å². The largest absolute Gasteiger partial charge is 0.295 e. The van der Waals surface area contributed by atoms with Crippen LogP contribution in [0, 0.1) is 0 Å². The van der Waals surface area contributed by atoms with E-state index in [2.05, 4.69) is 31.1 Å². The van der Waals surface area contributed by atoms with Crippen molar-refractivity contribution in [1.82, 2.24) is 9.88 Å². The van der Waals surface area contributed by atoms with Crippen LogP contribution < -0.4 is 0 Å². The van der Waals surface area contributed by atoms with Gasteiger partial charge in [0.15, 0.2) is 0 Å². The van der Waals surface area contributed by atoms with Crippen LogP contribution in [0.2, 0.25) is 0 Å². The van der Waals surface area contributed by atoms with Crippen molar-refractivity contribution in [2.45, 2.75) is 50.9 Å². The lowest BCUT2D eigenvalue weighted by molar-refractivity contribution is 0.223. The van der Waals surface area contributed by atoms with Gasteiger partial charge in [-0.25, -0.2) is 4.98 Å². The number of thiazole rings is 1. The molecular weight excluding hydrogens is 252 g/mol. The van der Waals surface area contributed by atoms with E-state index in [1.165, 1.54) is 17.1 Å². The van der Waals surface area contributed by atoms with Crippen LogP contribution in [0.5, 0.6) is 0 Å². The Kier molecular flexibility index (Phi) is 4.11. The summed E-state index contributed by atoms with van der Waals surface area (Å²) in [5, 5.41) is 3.74. The highest BCUT2D eigenvalue weighted by Crippen LogP contribution is 2.25. The van der Waals surface area contributed by atoms with E-state index in [9.17, 15) is 0 Å². The van der Waals surface area contributed by atoms with Crippen molar-refractivity contribution in [2.24, 2.45) is 0 Å². The van der Waals surface area contributed by atoms with Crippen molar-refractivity contribution in [3.05, 3.63) is 16.1 Å². The Hall–Kier alpha value is -0.120. The smallest absolute Gasteiger partial charge is 0.107 e. The third kappa shape index (κ3) is 3.67. The Morgan fingerprint density at radius 2 is 2.29 bits per heavy atom. The number of hydrogen-bond donors (Lipinski definition) is 0. The lowest BCUT2D eigenvalue weighted by Gasteiger charge is -2.28. The molecule has 0 radical (unpaired) electrons. The zero-order valence-corrected chi connectivity index (χ0v) is 12.4. The van der Waals surface area contributed by atoms with Gasteiger partial charge >= 0.3 is 0 Å². The van der Waals surface area contributed by atoms with Gasteiger partial charge in [-0.15, -0.1) is 22.9 Å². The summed E-state index contributed by atoms with van der Waals surface area (Å²) in [6, 6.07) is 0. The average Bonchev–Trinajstić information content (AvgIpc) is 2.65. The Morgan fingerprint density at radius 1 is 1.53 bits per heavy atom. The maximum absolute atomic E-state index is 6.20. The first kappa shape index (κ1) is 13.3. The number of nitrogens with zero attached hydrogens (tertiary/aromatic N) is 2. The zero-order valence-electron chi connectivity index (χ0n) is 10.9. The molecule has 0 spiro atoms. The zero-order chi connectivity index (χ0) is 12.5. The van der Waals surface area contributed by atoms with Crippen LogP contribution in [-0.2, 0) is 12.0 Å². The number of likely N-dealkylation sites (tertiary alicyclic amines) is 1. The van der Waals surface area contributed by atoms with Crippen LogP contribution in [0.1, 0.15) is 44.3 Å². The molecule has 1 atom stereocenters. The fourth-order valence-electron chi connectivity index (χ4n) is 2.06. The first-order chi connectivity index (χ1) is 7.95. The van der Waals surface area contributed by atoms with E-state index in [1.807, 2.05) is 0 Å². The predicted molar refractivity (Wildman–Crippen MR) is 75.0 cm³/mol. The molecule has 2 rings (SSSR count). The molecule has 0 bridgehead atoms. The minimum atomic E-state index is 0.158. The normalized spacial score (nSPS) is 22.9. The van der Waals surface area contributed by atoms with Gasteiger partial charge < -0.3 is 0 Å². The van der Waals surface area contributed by atoms with Crippen LogP contribution in [0.4, 0.5) is 0 Å². The topological polar surface area (TPSA) is 16.1 Å². The van der Waals surface area contributed by atoms with Crippen molar-refractivity contribution in [3.63, 3.8) is 0 Å². The van der Waals surface area contributed by atoms with Gasteiger partial charge in [-0.3, -0.25) is 4.90 Å². The van der Waals surface area contributed by atoms with E-state index < -0.39 is 0 Å². The fourth-order valence-corrected chi connectivity index (χ4v) is 3.47. The quantitative estimate of drug-likeness (QED) is 0.764. The number of rotatable bonds is 2. The molecule has 1 aliphatic heterocycles. The molecule has 4 heteroatoms. The molecule has 2 heterocycles. The lowest BCUT2D eigenvalue weighted by atomic mass is 9.93. The average molecular weight is 273 g/mol. The minimum absolute atomic E-state index is 0.158. The maximum Gasteiger partial charge on any atom is 0.107 e. The Labute approximate surface area is 113 Å². The second-order valence-electron chi connectivity index (χ2n) is 5.85. The van der Waals surface area contributed by atoms with Crippen molar-refractivity contribution in [2.75, 3.05) is 13.1 Å². The van der Waals surface area contributed by atoms with Crippen LogP contribution in [-0.4, -0.2) is 28.4 Å². The highest BCUT2D eigenvalue weighted by Gasteiger charge is 2.21. The molecular formula is C13H21ClN2S. The van der Waals surface area contributed by atoms with Gasteiger partial charge in [0.05, 0.1) is 12.2 Å². The molecule has 17 heavy (non-hydrogen) atoms. The number of piperidine rings is 1. The van der Waals surface area contributed by atoms with Gasteiger partial charge in [-0.05, 0) is 19.4 Å². The summed E-state index contributed by atoms with van der Waals surface area (Å²) in [6.45, 7) is 9.76. The molecule has 1 aromatic heterocycles. The van der Waals surface area contributed by atoms with E-state index in [0.29, 0.717) is 5.38 Å². The summed E-state index contributed by atoms with van der Waals surface area (Å²) in [5.41, 5.74) is 1.36. The number of aromatic nitrogens is 1. The molecule has 0 amide bonds. The molecule has 1 aromatic rings. The SMILES string of the molecule is CC(C)(C)c1csc(CN2CCCC(Cl)C2)n1. The molecule has 0 N–H and O–H groups in total. The van der Waals surface area contributed by atoms with Crippen molar-refractivity contribution < 1.29 is 0 Å². The summed E-state index contributed by atoms with van der Waals surface area (Å²) in [4.78, 5) is 7.16. The van der Waals surface area contributed by atoms with E-state index >= 15 is 0 Å². The maximum atomic E-state index is 6.20. The van der Waals surface area contributed by atoms with Gasteiger partial charge in [-0.1, -0.05) is 20.8 Å². The van der Waals surface area contributed by atoms with Gasteiger partial charge in [-0.2, -0.15) is 0 Å². The Bertz CT molecular complexity index is 370. The minimum Gasteiger partial charge on any atom is -0.295 e. The standard InChI is InChI=1S/C13H21ClN2S/c1-13(2,3)11-9-17-12(15-11)8-16-6-4-5-10(14)7-16/h9-10H,4-8H2,1-3H3. The Morgan fingerprint density at radius 3 is 2.88 bits per heavy atom. The molecule has 1 unspecified atom stereocenters. The van der Waals surface area contributed by atoms with E-state index in [-0.39, 0.29) is 5.41 Å². The third-order valence-electron chi connectivity index (χ3n) is 3.13. The van der Waals surface area contributed by atoms with Crippen molar-refractivity contribution in [3.8, 4) is 0 Å². The Balaban J connectivity index is 1.97. The van der Waals surface area contributed by atoms with Crippen molar-refractivity contribution in [1.29, 1.82) is 0 Å². The lowest BCUT2D eigenvalue weighted by Crippen LogP contribution is -2.35. The predicted octanol–water partition coefficient (Wildman–Crippen LogP) is 3.64. The van der Waals surface area contributed by atoms with Gasteiger partial charge in [0.2, 0.25) is 0 Å². The van der Waals surface area contributed by atoms with Gasteiger partial charge in [0, 0.05) is 22.7 Å². The van der Waals surface area contributed by atoms with Crippen LogP contribution in [0.25, 0.3) is 0 Å². The third-order valence-corrected chi connectivity index (χ3v) is 4.32. The summed E-state index contributed by atoms with van der Waals surface area (Å²) in [7, 11) is 0. The fraction of sp³-hybridized carbons (Fsp3) is 0.769. The number of hydrogen-bond acceptors (Lipinski definition) is 3.